The van der Waals surface area contributed by atoms with Gasteiger partial charge in [-0.1, -0.05) is 20.8 Å². The van der Waals surface area contributed by atoms with Crippen LogP contribution in [-0.4, -0.2) is 32.3 Å². The molecule has 2 rings (SSSR count). The first kappa shape index (κ1) is 14.5. The van der Waals surface area contributed by atoms with E-state index < -0.39 is 5.97 Å². The highest BCUT2D eigenvalue weighted by molar-refractivity contribution is 5.92. The molecule has 0 aliphatic heterocycles. The van der Waals surface area contributed by atoms with E-state index in [1.54, 1.807) is 18.2 Å². The number of imidazole rings is 1. The molecule has 0 saturated carbocycles. The van der Waals surface area contributed by atoms with Gasteiger partial charge in [0.05, 0.1) is 16.6 Å². The van der Waals surface area contributed by atoms with Crippen LogP contribution in [0.1, 0.15) is 37.0 Å². The maximum Gasteiger partial charge on any atom is 0.335 e. The Bertz CT molecular complexity index is 644. The van der Waals surface area contributed by atoms with E-state index in [0.717, 1.165) is 23.3 Å². The third-order valence-corrected chi connectivity index (χ3v) is 3.40. The molecule has 0 atom stereocenters. The zero-order valence-electron chi connectivity index (χ0n) is 12.1. The summed E-state index contributed by atoms with van der Waals surface area (Å²) in [5.74, 6) is -0.0387. The number of aliphatic hydroxyl groups excluding tert-OH is 1. The van der Waals surface area contributed by atoms with E-state index in [2.05, 4.69) is 4.98 Å². The molecule has 0 bridgehead atoms. The quantitative estimate of drug-likeness (QED) is 0.878. The predicted octanol–water partition coefficient (Wildman–Crippen LogP) is 2.32. The summed E-state index contributed by atoms with van der Waals surface area (Å²) < 4.78 is 2.01. The fourth-order valence-corrected chi connectivity index (χ4v) is 2.23. The minimum atomic E-state index is -0.945. The highest BCUT2D eigenvalue weighted by atomic mass is 16.4. The molecule has 0 amide bonds. The lowest BCUT2D eigenvalue weighted by atomic mass is 9.94. The molecule has 108 valence electrons. The van der Waals surface area contributed by atoms with E-state index in [4.69, 9.17) is 5.11 Å². The summed E-state index contributed by atoms with van der Waals surface area (Å²) >= 11 is 0. The summed E-state index contributed by atoms with van der Waals surface area (Å²) in [4.78, 5) is 15.6. The number of carboxylic acids is 1. The van der Waals surface area contributed by atoms with Gasteiger partial charge in [0.2, 0.25) is 0 Å². The van der Waals surface area contributed by atoms with Crippen molar-refractivity contribution >= 4 is 17.0 Å². The highest BCUT2D eigenvalue weighted by Gasteiger charge is 2.21. The Hall–Kier alpha value is -1.88. The van der Waals surface area contributed by atoms with Crippen LogP contribution in [0.3, 0.4) is 0 Å². The van der Waals surface area contributed by atoms with Crippen LogP contribution in [0.15, 0.2) is 18.2 Å². The third kappa shape index (κ3) is 2.67. The molecule has 5 nitrogen and oxygen atoms in total. The minimum absolute atomic E-state index is 0.0639. The van der Waals surface area contributed by atoms with Crippen molar-refractivity contribution in [2.45, 2.75) is 33.7 Å². The molecule has 1 aromatic heterocycles. The van der Waals surface area contributed by atoms with E-state index in [9.17, 15) is 9.90 Å². The van der Waals surface area contributed by atoms with Crippen LogP contribution >= 0.6 is 0 Å². The molecular weight excluding hydrogens is 256 g/mol. The number of aromatic carboxylic acids is 1. The summed E-state index contributed by atoms with van der Waals surface area (Å²) in [6, 6.07) is 4.95. The second-order valence-corrected chi connectivity index (χ2v) is 5.80. The normalized spacial score (nSPS) is 12.0. The van der Waals surface area contributed by atoms with E-state index in [1.165, 1.54) is 0 Å². The van der Waals surface area contributed by atoms with Crippen molar-refractivity contribution in [2.24, 2.45) is 5.41 Å². The fraction of sp³-hybridized carbons (Fsp3) is 0.467. The average molecular weight is 276 g/mol. The van der Waals surface area contributed by atoms with E-state index in [-0.39, 0.29) is 17.6 Å². The molecule has 20 heavy (non-hydrogen) atoms. The monoisotopic (exact) mass is 276 g/mol. The number of fused-ring (bicyclic) bond motifs is 1. The molecule has 1 heterocycles. The molecule has 0 unspecified atom stereocenters. The number of aliphatic hydroxyl groups is 1. The van der Waals surface area contributed by atoms with Gasteiger partial charge >= 0.3 is 5.97 Å². The molecule has 0 saturated heterocycles. The Morgan fingerprint density at radius 3 is 2.65 bits per heavy atom. The number of carbonyl (C=O) groups is 1. The fourth-order valence-electron chi connectivity index (χ4n) is 2.23. The van der Waals surface area contributed by atoms with Gasteiger partial charge in [0.15, 0.2) is 0 Å². The van der Waals surface area contributed by atoms with Crippen LogP contribution < -0.4 is 0 Å². The maximum atomic E-state index is 11.1. The first-order valence-corrected chi connectivity index (χ1v) is 6.71. The molecule has 5 heteroatoms. The zero-order chi connectivity index (χ0) is 14.9. The van der Waals surface area contributed by atoms with Crippen LogP contribution in [0.25, 0.3) is 11.0 Å². The number of hydrogen-bond acceptors (Lipinski definition) is 3. The lowest BCUT2D eigenvalue weighted by molar-refractivity contribution is 0.0697. The summed E-state index contributed by atoms with van der Waals surface area (Å²) in [7, 11) is 0. The molecular formula is C15H20N2O3. The van der Waals surface area contributed by atoms with Crippen molar-refractivity contribution in [3.63, 3.8) is 0 Å². The Balaban J connectivity index is 2.59. The Labute approximate surface area is 117 Å². The predicted molar refractivity (Wildman–Crippen MR) is 76.9 cm³/mol. The van der Waals surface area contributed by atoms with Gasteiger partial charge in [0.25, 0.3) is 0 Å². The third-order valence-electron chi connectivity index (χ3n) is 3.40. The van der Waals surface area contributed by atoms with Crippen molar-refractivity contribution in [2.75, 3.05) is 6.61 Å². The highest BCUT2D eigenvalue weighted by Crippen LogP contribution is 2.24. The maximum absolute atomic E-state index is 11.1. The van der Waals surface area contributed by atoms with Gasteiger partial charge in [-0.2, -0.15) is 0 Å². The van der Waals surface area contributed by atoms with Crippen LogP contribution in [0.4, 0.5) is 0 Å². The van der Waals surface area contributed by atoms with Crippen molar-refractivity contribution < 1.29 is 15.0 Å². The second kappa shape index (κ2) is 5.25. The molecule has 0 spiro atoms. The van der Waals surface area contributed by atoms with Crippen molar-refractivity contribution in [3.8, 4) is 0 Å². The SMILES string of the molecule is CCc1nc2ccc(C(=O)O)cc2n1CC(C)(C)CO. The standard InChI is InChI=1S/C15H20N2O3/c1-4-13-16-11-6-5-10(14(19)20)7-12(11)17(13)8-15(2,3)9-18/h5-7,18H,4,8-9H2,1-3H3,(H,19,20). The van der Waals surface area contributed by atoms with Crippen LogP contribution in [0.2, 0.25) is 0 Å². The first-order valence-electron chi connectivity index (χ1n) is 6.71. The van der Waals surface area contributed by atoms with Gasteiger partial charge in [0, 0.05) is 25.0 Å². The molecule has 2 N–H and O–H groups in total. The Morgan fingerprint density at radius 2 is 2.10 bits per heavy atom. The van der Waals surface area contributed by atoms with Crippen LogP contribution in [0, 0.1) is 5.41 Å². The van der Waals surface area contributed by atoms with Gasteiger partial charge in [-0.05, 0) is 18.2 Å². The average Bonchev–Trinajstić information content (AvgIpc) is 2.75. The number of rotatable bonds is 5. The number of hydrogen-bond donors (Lipinski definition) is 2. The van der Waals surface area contributed by atoms with E-state index in [1.807, 2.05) is 25.3 Å². The van der Waals surface area contributed by atoms with Gasteiger partial charge < -0.3 is 14.8 Å². The number of nitrogens with zero attached hydrogens (tertiary/aromatic N) is 2. The summed E-state index contributed by atoms with van der Waals surface area (Å²) in [5.41, 5.74) is 1.57. The summed E-state index contributed by atoms with van der Waals surface area (Å²) in [6.07, 6.45) is 0.762. The molecule has 0 aliphatic rings. The van der Waals surface area contributed by atoms with Crippen LogP contribution in [0.5, 0.6) is 0 Å². The first-order chi connectivity index (χ1) is 9.38. The van der Waals surface area contributed by atoms with Gasteiger partial charge in [0.1, 0.15) is 5.82 Å². The molecule has 0 fully saturated rings. The Morgan fingerprint density at radius 1 is 1.40 bits per heavy atom. The van der Waals surface area contributed by atoms with E-state index in [0.29, 0.717) is 6.54 Å². The second-order valence-electron chi connectivity index (χ2n) is 5.80. The lowest BCUT2D eigenvalue weighted by Crippen LogP contribution is -2.24. The summed E-state index contributed by atoms with van der Waals surface area (Å²) in [6.45, 7) is 6.63. The zero-order valence-corrected chi connectivity index (χ0v) is 12.1. The number of benzene rings is 1. The van der Waals surface area contributed by atoms with Gasteiger partial charge in [-0.25, -0.2) is 9.78 Å². The van der Waals surface area contributed by atoms with Crippen LogP contribution in [-0.2, 0) is 13.0 Å². The molecule has 0 radical (unpaired) electrons. The van der Waals surface area contributed by atoms with Gasteiger partial charge in [-0.3, -0.25) is 0 Å². The lowest BCUT2D eigenvalue weighted by Gasteiger charge is -2.23. The smallest absolute Gasteiger partial charge is 0.335 e. The number of carboxylic acid groups (broad SMARTS) is 1. The largest absolute Gasteiger partial charge is 0.478 e. The number of aromatic nitrogens is 2. The molecule has 2 aromatic rings. The van der Waals surface area contributed by atoms with Crippen molar-refractivity contribution in [1.29, 1.82) is 0 Å². The van der Waals surface area contributed by atoms with Gasteiger partial charge in [-0.15, -0.1) is 0 Å². The summed E-state index contributed by atoms with van der Waals surface area (Å²) in [5, 5.41) is 18.6. The molecule has 1 aromatic carbocycles. The van der Waals surface area contributed by atoms with Crippen molar-refractivity contribution in [3.05, 3.63) is 29.6 Å². The topological polar surface area (TPSA) is 75.3 Å². The molecule has 0 aliphatic carbocycles. The Kier molecular flexibility index (Phi) is 3.81. The number of aryl methyl sites for hydroxylation is 1. The minimum Gasteiger partial charge on any atom is -0.478 e. The van der Waals surface area contributed by atoms with E-state index >= 15 is 0 Å². The van der Waals surface area contributed by atoms with Crippen molar-refractivity contribution in [1.82, 2.24) is 9.55 Å².